The van der Waals surface area contributed by atoms with E-state index < -0.39 is 36.2 Å². The van der Waals surface area contributed by atoms with Crippen LogP contribution >= 0.6 is 0 Å². The van der Waals surface area contributed by atoms with Crippen LogP contribution in [0.15, 0.2) is 97.3 Å². The topological polar surface area (TPSA) is 135 Å². The molecule has 230 valence electrons. The second-order valence-electron chi connectivity index (χ2n) is 11.1. The van der Waals surface area contributed by atoms with Crippen molar-refractivity contribution in [2.75, 3.05) is 6.54 Å². The molecule has 1 unspecified atom stereocenters. The summed E-state index contributed by atoms with van der Waals surface area (Å²) in [5.74, 6) is -1.37. The summed E-state index contributed by atoms with van der Waals surface area (Å²) in [7, 11) is 0. The number of nitrogens with zero attached hydrogens (tertiary/aromatic N) is 4. The Morgan fingerprint density at radius 1 is 0.889 bits per heavy atom. The van der Waals surface area contributed by atoms with Crippen molar-refractivity contribution in [1.82, 2.24) is 19.8 Å². The fourth-order valence-electron chi connectivity index (χ4n) is 5.93. The first-order valence-corrected chi connectivity index (χ1v) is 14.8. The second-order valence-corrected chi connectivity index (χ2v) is 11.1. The largest absolute Gasteiger partial charge is 0.443 e. The van der Waals surface area contributed by atoms with Crippen molar-refractivity contribution in [3.63, 3.8) is 0 Å². The number of hydrogen-bond donors (Lipinski definition) is 1. The molecule has 45 heavy (non-hydrogen) atoms. The first kappa shape index (κ1) is 29.8. The van der Waals surface area contributed by atoms with Crippen molar-refractivity contribution in [2.24, 2.45) is 5.73 Å². The number of primary amides is 1. The van der Waals surface area contributed by atoms with E-state index in [0.717, 1.165) is 32.5 Å². The molecule has 2 fully saturated rings. The van der Waals surface area contributed by atoms with Crippen LogP contribution in [0.1, 0.15) is 29.5 Å². The lowest BCUT2D eigenvalue weighted by Crippen LogP contribution is -2.73. The van der Waals surface area contributed by atoms with E-state index in [1.807, 2.05) is 84.9 Å². The Kier molecular flexibility index (Phi) is 8.70. The summed E-state index contributed by atoms with van der Waals surface area (Å²) in [5.41, 5.74) is 7.89. The average Bonchev–Trinajstić information content (AvgIpc) is 3.06. The highest BCUT2D eigenvalue weighted by atomic mass is 16.7. The molecule has 3 aromatic carbocycles. The summed E-state index contributed by atoms with van der Waals surface area (Å²) in [5, 5.41) is 2.99. The van der Waals surface area contributed by atoms with Crippen molar-refractivity contribution in [3.8, 4) is 0 Å². The number of carbonyl (C=O) groups excluding carboxylic acids is 4. The third-order valence-electron chi connectivity index (χ3n) is 8.14. The maximum absolute atomic E-state index is 14.1. The van der Waals surface area contributed by atoms with E-state index in [9.17, 15) is 19.2 Å². The van der Waals surface area contributed by atoms with E-state index in [0.29, 0.717) is 0 Å². The molecule has 0 saturated carbocycles. The average molecular weight is 608 g/mol. The molecule has 1 aromatic heterocycles. The van der Waals surface area contributed by atoms with Gasteiger partial charge in [-0.1, -0.05) is 72.8 Å². The van der Waals surface area contributed by atoms with E-state index >= 15 is 0 Å². The van der Waals surface area contributed by atoms with E-state index in [4.69, 9.17) is 15.3 Å². The van der Waals surface area contributed by atoms with E-state index in [1.54, 1.807) is 17.3 Å². The number of rotatable bonds is 9. The Bertz CT molecular complexity index is 1700. The third-order valence-corrected chi connectivity index (χ3v) is 8.14. The molecule has 0 radical (unpaired) electrons. The SMILES string of the molecule is NC(=O)CC[C@H]1ON(C(=O)OCc2cccc3ccccc23)C2CN(Cc3ccncc3)C(=O)[C@H](Cc3ccccc3)N2C1=O. The highest BCUT2D eigenvalue weighted by Gasteiger charge is 2.53. The molecule has 3 heterocycles. The molecule has 11 heteroatoms. The minimum absolute atomic E-state index is 0.00983. The van der Waals surface area contributed by atoms with Gasteiger partial charge in [0.05, 0.1) is 6.54 Å². The van der Waals surface area contributed by atoms with Gasteiger partial charge in [-0.25, -0.2) is 4.79 Å². The van der Waals surface area contributed by atoms with Gasteiger partial charge < -0.3 is 20.3 Å². The number of hydroxylamine groups is 2. The Hall–Kier alpha value is -5.29. The molecule has 4 aromatic rings. The zero-order chi connectivity index (χ0) is 31.3. The smallest absolute Gasteiger partial charge is 0.436 e. The molecular weight excluding hydrogens is 574 g/mol. The molecule has 11 nitrogen and oxygen atoms in total. The number of fused-ring (bicyclic) bond motifs is 2. The number of ether oxygens (including phenoxy) is 1. The first-order chi connectivity index (χ1) is 21.9. The summed E-state index contributed by atoms with van der Waals surface area (Å²) in [6.07, 6.45) is 0.307. The number of aromatic nitrogens is 1. The fourth-order valence-corrected chi connectivity index (χ4v) is 5.93. The first-order valence-electron chi connectivity index (χ1n) is 14.8. The summed E-state index contributed by atoms with van der Waals surface area (Å²) >= 11 is 0. The zero-order valence-corrected chi connectivity index (χ0v) is 24.5. The van der Waals surface area contributed by atoms with Crippen LogP contribution in [0.3, 0.4) is 0 Å². The number of piperazine rings is 1. The van der Waals surface area contributed by atoms with Crippen molar-refractivity contribution in [3.05, 3.63) is 114 Å². The molecule has 0 bridgehead atoms. The van der Waals surface area contributed by atoms with Gasteiger partial charge >= 0.3 is 6.09 Å². The van der Waals surface area contributed by atoms with Crippen LogP contribution in [0.25, 0.3) is 10.8 Å². The second kappa shape index (κ2) is 13.1. The van der Waals surface area contributed by atoms with Gasteiger partial charge in [-0.3, -0.25) is 24.2 Å². The normalized spacial score (nSPS) is 19.8. The molecule has 6 rings (SSSR count). The van der Waals surface area contributed by atoms with Crippen LogP contribution in [0.2, 0.25) is 0 Å². The number of hydrogen-bond acceptors (Lipinski definition) is 7. The predicted molar refractivity (Wildman–Crippen MR) is 163 cm³/mol. The summed E-state index contributed by atoms with van der Waals surface area (Å²) < 4.78 is 5.79. The van der Waals surface area contributed by atoms with Gasteiger partial charge in [0, 0.05) is 31.8 Å². The lowest BCUT2D eigenvalue weighted by Gasteiger charge is -2.52. The highest BCUT2D eigenvalue weighted by Crippen LogP contribution is 2.32. The summed E-state index contributed by atoms with van der Waals surface area (Å²) in [4.78, 5) is 66.6. The van der Waals surface area contributed by atoms with Crippen LogP contribution in [0.4, 0.5) is 4.79 Å². The van der Waals surface area contributed by atoms with Gasteiger partial charge in [0.15, 0.2) is 12.3 Å². The Labute approximate surface area is 260 Å². The molecule has 0 spiro atoms. The number of nitrogens with two attached hydrogens (primary N) is 1. The lowest BCUT2D eigenvalue weighted by atomic mass is 9.97. The maximum atomic E-state index is 14.1. The molecule has 4 amide bonds. The highest BCUT2D eigenvalue weighted by molar-refractivity contribution is 5.92. The van der Waals surface area contributed by atoms with Gasteiger partial charge in [0.2, 0.25) is 11.8 Å². The number of amides is 4. The number of carbonyl (C=O) groups is 4. The van der Waals surface area contributed by atoms with Crippen molar-refractivity contribution < 1.29 is 28.8 Å². The Balaban J connectivity index is 1.33. The van der Waals surface area contributed by atoms with Gasteiger partial charge in [-0.2, -0.15) is 5.06 Å². The summed E-state index contributed by atoms with van der Waals surface area (Å²) in [6, 6.07) is 25.6. The van der Waals surface area contributed by atoms with Crippen LogP contribution in [-0.4, -0.2) is 68.5 Å². The monoisotopic (exact) mass is 607 g/mol. The molecule has 2 N–H and O–H groups in total. The standard InChI is InChI=1S/C34H33N5O6/c35-30(40)14-13-29-33(42)38-28(19-23-7-2-1-3-8-23)32(41)37(20-24-15-17-36-18-16-24)21-31(38)39(45-29)34(43)44-22-26-11-6-10-25-9-4-5-12-27(25)26/h1-12,15-18,28-29,31H,13-14,19-22H2,(H2,35,40)/t28-,29+,31?/m0/s1. The minimum atomic E-state index is -1.21. The number of benzene rings is 3. The van der Waals surface area contributed by atoms with Crippen LogP contribution < -0.4 is 5.73 Å². The summed E-state index contributed by atoms with van der Waals surface area (Å²) in [6.45, 7) is 0.193. The predicted octanol–water partition coefficient (Wildman–Crippen LogP) is 3.56. The molecule has 2 aliphatic rings. The van der Waals surface area contributed by atoms with Crippen molar-refractivity contribution in [1.29, 1.82) is 0 Å². The molecule has 0 aliphatic carbocycles. The minimum Gasteiger partial charge on any atom is -0.443 e. The van der Waals surface area contributed by atoms with Gasteiger partial charge in [0.1, 0.15) is 12.6 Å². The fraction of sp³-hybridized carbons (Fsp3) is 0.265. The van der Waals surface area contributed by atoms with Crippen LogP contribution in [0.5, 0.6) is 0 Å². The van der Waals surface area contributed by atoms with Crippen LogP contribution in [0, 0.1) is 0 Å². The van der Waals surface area contributed by atoms with Gasteiger partial charge in [-0.15, -0.1) is 0 Å². The molecule has 2 saturated heterocycles. The van der Waals surface area contributed by atoms with Crippen molar-refractivity contribution >= 4 is 34.6 Å². The van der Waals surface area contributed by atoms with Gasteiger partial charge in [-0.05, 0) is 46.0 Å². The van der Waals surface area contributed by atoms with E-state index in [2.05, 4.69) is 4.98 Å². The third kappa shape index (κ3) is 6.48. The van der Waals surface area contributed by atoms with Crippen LogP contribution in [-0.2, 0) is 43.5 Å². The lowest BCUT2D eigenvalue weighted by molar-refractivity contribution is -0.268. The van der Waals surface area contributed by atoms with E-state index in [1.165, 1.54) is 4.90 Å². The van der Waals surface area contributed by atoms with Crippen molar-refractivity contribution in [2.45, 2.75) is 50.7 Å². The molecule has 3 atom stereocenters. The Morgan fingerprint density at radius 2 is 1.62 bits per heavy atom. The zero-order valence-electron chi connectivity index (χ0n) is 24.5. The Morgan fingerprint density at radius 3 is 2.40 bits per heavy atom. The molecular formula is C34H33N5O6. The van der Waals surface area contributed by atoms with Gasteiger partial charge in [0.25, 0.3) is 5.91 Å². The van der Waals surface area contributed by atoms with E-state index in [-0.39, 0.29) is 44.9 Å². The quantitative estimate of drug-likeness (QED) is 0.307. The molecule has 2 aliphatic heterocycles. The number of pyridine rings is 1. The maximum Gasteiger partial charge on any atom is 0.436 e.